The zero-order valence-corrected chi connectivity index (χ0v) is 10.8. The first-order valence-electron chi connectivity index (χ1n) is 6.24. The molecule has 2 rings (SSSR count). The number of halogens is 1. The van der Waals surface area contributed by atoms with Crippen molar-refractivity contribution in [3.63, 3.8) is 0 Å². The fourth-order valence-corrected chi connectivity index (χ4v) is 2.56. The molecule has 1 fully saturated rings. The Morgan fingerprint density at radius 2 is 2.06 bits per heavy atom. The summed E-state index contributed by atoms with van der Waals surface area (Å²) < 4.78 is 0. The lowest BCUT2D eigenvalue weighted by Crippen LogP contribution is -2.37. The summed E-state index contributed by atoms with van der Waals surface area (Å²) in [7, 11) is 0. The molecular formula is C14H18ClNO. The zero-order chi connectivity index (χ0) is 12.3. The van der Waals surface area contributed by atoms with Crippen molar-refractivity contribution < 1.29 is 4.79 Å². The summed E-state index contributed by atoms with van der Waals surface area (Å²) in [5.74, 6) is -0.00907. The van der Waals surface area contributed by atoms with Gasteiger partial charge in [0.25, 0.3) is 5.91 Å². The molecule has 0 radical (unpaired) electrons. The van der Waals surface area contributed by atoms with Crippen molar-refractivity contribution in [2.45, 2.75) is 44.0 Å². The van der Waals surface area contributed by atoms with E-state index in [1.165, 1.54) is 5.56 Å². The summed E-state index contributed by atoms with van der Waals surface area (Å²) in [5, 5.41) is 3.10. The van der Waals surface area contributed by atoms with Gasteiger partial charge in [-0.15, -0.1) is 11.6 Å². The van der Waals surface area contributed by atoms with E-state index in [0.29, 0.717) is 0 Å². The molecule has 1 aromatic carbocycles. The van der Waals surface area contributed by atoms with Crippen molar-refractivity contribution in [1.29, 1.82) is 0 Å². The molecule has 0 spiro atoms. The smallest absolute Gasteiger partial charge is 0.251 e. The lowest BCUT2D eigenvalue weighted by Gasteiger charge is -2.15. The molecule has 1 saturated carbocycles. The van der Waals surface area contributed by atoms with Gasteiger partial charge in [-0.25, -0.2) is 0 Å². The minimum Gasteiger partial charge on any atom is -0.348 e. The maximum Gasteiger partial charge on any atom is 0.251 e. The van der Waals surface area contributed by atoms with Crippen LogP contribution in [0, 0.1) is 0 Å². The molecule has 1 amide bonds. The standard InChI is InChI=1S/C14H18ClNO/c1-2-10-6-8-11(9-7-10)14(17)16-13-5-3-4-12(13)15/h6-9,12-13H,2-5H2,1H3,(H,16,17). The van der Waals surface area contributed by atoms with Gasteiger partial charge in [-0.05, 0) is 43.4 Å². The van der Waals surface area contributed by atoms with Crippen LogP contribution in [0.3, 0.4) is 0 Å². The Bertz CT molecular complexity index is 388. The summed E-state index contributed by atoms with van der Waals surface area (Å²) in [4.78, 5) is 12.0. The quantitative estimate of drug-likeness (QED) is 0.822. The van der Waals surface area contributed by atoms with E-state index < -0.39 is 0 Å². The lowest BCUT2D eigenvalue weighted by atomic mass is 10.1. The number of benzene rings is 1. The lowest BCUT2D eigenvalue weighted by molar-refractivity contribution is 0.0938. The first kappa shape index (κ1) is 12.4. The monoisotopic (exact) mass is 251 g/mol. The molecule has 0 saturated heterocycles. The summed E-state index contributed by atoms with van der Waals surface area (Å²) >= 11 is 6.14. The fraction of sp³-hybridized carbons (Fsp3) is 0.500. The normalized spacial score (nSPS) is 23.6. The van der Waals surface area contributed by atoms with Crippen molar-refractivity contribution in [3.05, 3.63) is 35.4 Å². The summed E-state index contributed by atoms with van der Waals surface area (Å²) in [5.41, 5.74) is 1.97. The Morgan fingerprint density at radius 1 is 1.35 bits per heavy atom. The third-order valence-electron chi connectivity index (χ3n) is 3.37. The third kappa shape index (κ3) is 3.01. The molecule has 92 valence electrons. The predicted molar refractivity (Wildman–Crippen MR) is 70.6 cm³/mol. The van der Waals surface area contributed by atoms with Crippen LogP contribution in [0.4, 0.5) is 0 Å². The summed E-state index contributed by atoms with van der Waals surface area (Å²) in [6.45, 7) is 2.10. The Balaban J connectivity index is 1.99. The Hall–Kier alpha value is -1.02. The van der Waals surface area contributed by atoms with Crippen LogP contribution in [0.15, 0.2) is 24.3 Å². The molecule has 1 aliphatic carbocycles. The molecule has 17 heavy (non-hydrogen) atoms. The molecule has 1 aromatic rings. The van der Waals surface area contributed by atoms with E-state index in [2.05, 4.69) is 12.2 Å². The van der Waals surface area contributed by atoms with E-state index in [-0.39, 0.29) is 17.3 Å². The largest absolute Gasteiger partial charge is 0.348 e. The van der Waals surface area contributed by atoms with Crippen LogP contribution in [0.2, 0.25) is 0 Å². The third-order valence-corrected chi connectivity index (χ3v) is 3.89. The average Bonchev–Trinajstić information content (AvgIpc) is 2.75. The van der Waals surface area contributed by atoms with E-state index >= 15 is 0 Å². The molecule has 2 nitrogen and oxygen atoms in total. The molecule has 3 heteroatoms. The second-order valence-electron chi connectivity index (χ2n) is 4.58. The molecule has 0 aromatic heterocycles. The van der Waals surface area contributed by atoms with Crippen molar-refractivity contribution in [2.24, 2.45) is 0 Å². The van der Waals surface area contributed by atoms with Gasteiger partial charge in [0.05, 0.1) is 5.38 Å². The van der Waals surface area contributed by atoms with E-state index in [1.807, 2.05) is 24.3 Å². The Morgan fingerprint density at radius 3 is 2.59 bits per heavy atom. The van der Waals surface area contributed by atoms with Gasteiger partial charge in [-0.3, -0.25) is 4.79 Å². The van der Waals surface area contributed by atoms with Crippen LogP contribution in [-0.4, -0.2) is 17.3 Å². The van der Waals surface area contributed by atoms with E-state index in [1.54, 1.807) is 0 Å². The van der Waals surface area contributed by atoms with Crippen LogP contribution in [-0.2, 0) is 6.42 Å². The Kier molecular flexibility index (Phi) is 4.06. The number of rotatable bonds is 3. The molecule has 0 aliphatic heterocycles. The van der Waals surface area contributed by atoms with Gasteiger partial charge in [0, 0.05) is 11.6 Å². The molecule has 1 aliphatic rings. The molecule has 2 atom stereocenters. The van der Waals surface area contributed by atoms with Crippen molar-refractivity contribution >= 4 is 17.5 Å². The van der Waals surface area contributed by atoms with Crippen molar-refractivity contribution in [2.75, 3.05) is 0 Å². The SMILES string of the molecule is CCc1ccc(C(=O)NC2CCCC2Cl)cc1. The maximum atomic E-state index is 12.0. The average molecular weight is 252 g/mol. The summed E-state index contributed by atoms with van der Waals surface area (Å²) in [6, 6.07) is 7.90. The van der Waals surface area contributed by atoms with Crippen LogP contribution < -0.4 is 5.32 Å². The first-order valence-corrected chi connectivity index (χ1v) is 6.68. The number of carbonyl (C=O) groups excluding carboxylic acids is 1. The number of nitrogens with one attached hydrogen (secondary N) is 1. The maximum absolute atomic E-state index is 12.0. The number of amides is 1. The van der Waals surface area contributed by atoms with Crippen LogP contribution in [0.5, 0.6) is 0 Å². The number of carbonyl (C=O) groups is 1. The van der Waals surface area contributed by atoms with Crippen molar-refractivity contribution in [3.8, 4) is 0 Å². The molecule has 1 N–H and O–H groups in total. The van der Waals surface area contributed by atoms with E-state index in [0.717, 1.165) is 31.2 Å². The van der Waals surface area contributed by atoms with Crippen LogP contribution >= 0.6 is 11.6 Å². The minimum atomic E-state index is -0.00907. The van der Waals surface area contributed by atoms with Gasteiger partial charge in [0.1, 0.15) is 0 Å². The molecule has 2 unspecified atom stereocenters. The van der Waals surface area contributed by atoms with E-state index in [9.17, 15) is 4.79 Å². The second kappa shape index (κ2) is 5.54. The van der Waals surface area contributed by atoms with Crippen LogP contribution in [0.25, 0.3) is 0 Å². The summed E-state index contributed by atoms with van der Waals surface area (Å²) in [6.07, 6.45) is 4.09. The number of hydrogen-bond acceptors (Lipinski definition) is 1. The fourth-order valence-electron chi connectivity index (χ4n) is 2.22. The Labute approximate surface area is 107 Å². The highest BCUT2D eigenvalue weighted by Gasteiger charge is 2.26. The van der Waals surface area contributed by atoms with Crippen molar-refractivity contribution in [1.82, 2.24) is 5.32 Å². The minimum absolute atomic E-state index is 0.00907. The molecular weight excluding hydrogens is 234 g/mol. The highest BCUT2D eigenvalue weighted by atomic mass is 35.5. The predicted octanol–water partition coefficient (Wildman–Crippen LogP) is 3.14. The van der Waals surface area contributed by atoms with Gasteiger partial charge in [0.15, 0.2) is 0 Å². The van der Waals surface area contributed by atoms with Gasteiger partial charge in [0.2, 0.25) is 0 Å². The van der Waals surface area contributed by atoms with Crippen LogP contribution in [0.1, 0.15) is 42.1 Å². The zero-order valence-electron chi connectivity index (χ0n) is 10.1. The first-order chi connectivity index (χ1) is 8.20. The number of hydrogen-bond donors (Lipinski definition) is 1. The van der Waals surface area contributed by atoms with Gasteiger partial charge >= 0.3 is 0 Å². The van der Waals surface area contributed by atoms with Gasteiger partial charge in [-0.1, -0.05) is 19.1 Å². The number of alkyl halides is 1. The highest BCUT2D eigenvalue weighted by Crippen LogP contribution is 2.24. The van der Waals surface area contributed by atoms with E-state index in [4.69, 9.17) is 11.6 Å². The second-order valence-corrected chi connectivity index (χ2v) is 5.14. The van der Waals surface area contributed by atoms with Gasteiger partial charge < -0.3 is 5.32 Å². The highest BCUT2D eigenvalue weighted by molar-refractivity contribution is 6.21. The number of aryl methyl sites for hydroxylation is 1. The molecule has 0 bridgehead atoms. The topological polar surface area (TPSA) is 29.1 Å². The molecule has 0 heterocycles. The van der Waals surface area contributed by atoms with Gasteiger partial charge in [-0.2, -0.15) is 0 Å².